The van der Waals surface area contributed by atoms with Crippen molar-refractivity contribution in [1.82, 2.24) is 4.98 Å². The molecule has 3 nitrogen and oxygen atoms in total. The van der Waals surface area contributed by atoms with E-state index in [2.05, 4.69) is 36.2 Å². The Morgan fingerprint density at radius 1 is 1.04 bits per heavy atom. The zero-order valence-corrected chi connectivity index (χ0v) is 13.2. The summed E-state index contributed by atoms with van der Waals surface area (Å²) in [6.45, 7) is 4.05. The van der Waals surface area contributed by atoms with Crippen molar-refractivity contribution < 1.29 is 4.42 Å². The van der Waals surface area contributed by atoms with Crippen LogP contribution in [0.3, 0.4) is 0 Å². The van der Waals surface area contributed by atoms with Crippen LogP contribution < -0.4 is 5.73 Å². The number of rotatable bonds is 2. The number of hydrogen-bond acceptors (Lipinski definition) is 3. The molecule has 23 heavy (non-hydrogen) atoms. The number of hydrogen-bond donors (Lipinski definition) is 1. The highest BCUT2D eigenvalue weighted by atomic mass is 16.3. The van der Waals surface area contributed by atoms with Crippen LogP contribution in [0.1, 0.15) is 24.1 Å². The summed E-state index contributed by atoms with van der Waals surface area (Å²) < 4.78 is 6.24. The number of aromatic nitrogens is 1. The van der Waals surface area contributed by atoms with Crippen LogP contribution in [0.15, 0.2) is 59.1 Å². The molecule has 4 rings (SSSR count). The second-order valence-corrected chi connectivity index (χ2v) is 6.02. The molecule has 0 radical (unpaired) electrons. The van der Waals surface area contributed by atoms with Crippen LogP contribution in [0.5, 0.6) is 0 Å². The fourth-order valence-corrected chi connectivity index (χ4v) is 3.12. The monoisotopic (exact) mass is 302 g/mol. The lowest BCUT2D eigenvalue weighted by atomic mass is 10.0. The Labute approximate surface area is 134 Å². The molecule has 0 saturated carbocycles. The predicted molar refractivity (Wildman–Crippen MR) is 94.3 cm³/mol. The highest BCUT2D eigenvalue weighted by molar-refractivity contribution is 6.08. The average molecular weight is 302 g/mol. The van der Waals surface area contributed by atoms with Gasteiger partial charge in [-0.15, -0.1) is 0 Å². The van der Waals surface area contributed by atoms with E-state index >= 15 is 0 Å². The summed E-state index contributed by atoms with van der Waals surface area (Å²) in [4.78, 5) is 4.56. The summed E-state index contributed by atoms with van der Waals surface area (Å²) in [5.74, 6) is 0. The largest absolute Gasteiger partial charge is 0.453 e. The molecule has 0 unspecified atom stereocenters. The van der Waals surface area contributed by atoms with Crippen molar-refractivity contribution in [3.8, 4) is 11.1 Å². The molecule has 2 aromatic carbocycles. The van der Waals surface area contributed by atoms with Crippen molar-refractivity contribution in [3.63, 3.8) is 0 Å². The van der Waals surface area contributed by atoms with E-state index in [9.17, 15) is 0 Å². The minimum absolute atomic E-state index is 0.0851. The minimum Gasteiger partial charge on any atom is -0.453 e. The van der Waals surface area contributed by atoms with Gasteiger partial charge < -0.3 is 10.2 Å². The van der Waals surface area contributed by atoms with Gasteiger partial charge in [0, 0.05) is 28.8 Å². The smallest absolute Gasteiger partial charge is 0.161 e. The van der Waals surface area contributed by atoms with Gasteiger partial charge in [0.25, 0.3) is 0 Å². The quantitative estimate of drug-likeness (QED) is 0.568. The zero-order valence-electron chi connectivity index (χ0n) is 13.2. The summed E-state index contributed by atoms with van der Waals surface area (Å²) in [6, 6.07) is 16.4. The zero-order chi connectivity index (χ0) is 16.0. The van der Waals surface area contributed by atoms with Crippen LogP contribution in [-0.2, 0) is 0 Å². The van der Waals surface area contributed by atoms with Crippen LogP contribution in [0.2, 0.25) is 0 Å². The van der Waals surface area contributed by atoms with Gasteiger partial charge in [0.1, 0.15) is 11.1 Å². The standard InChI is InChI=1S/C20H18N2O/c1-12-10-16(13(2)21)19-17(11-12)18-20(23-19)15(8-9-22-18)14-6-4-3-5-7-14/h3-11,13H,21H2,1-2H3/t13-/m1/s1. The van der Waals surface area contributed by atoms with Gasteiger partial charge in [0.2, 0.25) is 0 Å². The molecule has 4 aromatic rings. The summed E-state index contributed by atoms with van der Waals surface area (Å²) >= 11 is 0. The molecule has 0 bridgehead atoms. The third-order valence-corrected chi connectivity index (χ3v) is 4.20. The Kier molecular flexibility index (Phi) is 3.17. The van der Waals surface area contributed by atoms with Crippen molar-refractivity contribution in [2.45, 2.75) is 19.9 Å². The summed E-state index contributed by atoms with van der Waals surface area (Å²) in [6.07, 6.45) is 1.84. The maximum absolute atomic E-state index is 6.24. The van der Waals surface area contributed by atoms with Crippen molar-refractivity contribution in [2.75, 3.05) is 0 Å². The van der Waals surface area contributed by atoms with Crippen LogP contribution in [0.4, 0.5) is 0 Å². The molecule has 2 heterocycles. The van der Waals surface area contributed by atoms with Gasteiger partial charge in [-0.05, 0) is 37.1 Å². The van der Waals surface area contributed by atoms with Crippen LogP contribution >= 0.6 is 0 Å². The van der Waals surface area contributed by atoms with Gasteiger partial charge in [-0.3, -0.25) is 4.98 Å². The second-order valence-electron chi connectivity index (χ2n) is 6.02. The van der Waals surface area contributed by atoms with E-state index < -0.39 is 0 Å². The molecule has 1 atom stereocenters. The maximum Gasteiger partial charge on any atom is 0.161 e. The normalized spacial score (nSPS) is 12.8. The molecular weight excluding hydrogens is 284 g/mol. The second kappa shape index (κ2) is 5.21. The molecule has 0 fully saturated rings. The first-order valence-corrected chi connectivity index (χ1v) is 7.78. The van der Waals surface area contributed by atoms with Gasteiger partial charge in [0.05, 0.1) is 0 Å². The molecule has 0 aliphatic rings. The van der Waals surface area contributed by atoms with E-state index in [0.29, 0.717) is 0 Å². The molecule has 0 saturated heterocycles. The summed E-state index contributed by atoms with van der Waals surface area (Å²) in [5.41, 5.74) is 13.1. The van der Waals surface area contributed by atoms with Crippen molar-refractivity contribution in [3.05, 3.63) is 65.9 Å². The number of furan rings is 1. The molecule has 2 N–H and O–H groups in total. The Balaban J connectivity index is 2.12. The first kappa shape index (κ1) is 14.0. The fraction of sp³-hybridized carbons (Fsp3) is 0.150. The Morgan fingerprint density at radius 2 is 1.83 bits per heavy atom. The molecule has 0 spiro atoms. The fourth-order valence-electron chi connectivity index (χ4n) is 3.12. The summed E-state index contributed by atoms with van der Waals surface area (Å²) in [5, 5.41) is 1.03. The number of fused-ring (bicyclic) bond motifs is 3. The van der Waals surface area contributed by atoms with Gasteiger partial charge in [-0.1, -0.05) is 36.4 Å². The summed E-state index contributed by atoms with van der Waals surface area (Å²) in [7, 11) is 0. The van der Waals surface area contributed by atoms with Gasteiger partial charge in [-0.2, -0.15) is 0 Å². The first-order chi connectivity index (χ1) is 11.1. The minimum atomic E-state index is -0.0851. The molecule has 3 heteroatoms. The number of aryl methyl sites for hydroxylation is 1. The average Bonchev–Trinajstić information content (AvgIpc) is 2.93. The van der Waals surface area contributed by atoms with Gasteiger partial charge in [-0.25, -0.2) is 0 Å². The third kappa shape index (κ3) is 2.21. The topological polar surface area (TPSA) is 52.0 Å². The van der Waals surface area contributed by atoms with E-state index in [1.54, 1.807) is 0 Å². The van der Waals surface area contributed by atoms with E-state index in [-0.39, 0.29) is 6.04 Å². The Morgan fingerprint density at radius 3 is 2.57 bits per heavy atom. The van der Waals surface area contributed by atoms with E-state index in [4.69, 9.17) is 10.2 Å². The number of benzene rings is 2. The first-order valence-electron chi connectivity index (χ1n) is 7.78. The third-order valence-electron chi connectivity index (χ3n) is 4.20. The maximum atomic E-state index is 6.24. The lowest BCUT2D eigenvalue weighted by Crippen LogP contribution is -2.05. The van der Waals surface area contributed by atoms with E-state index in [1.807, 2.05) is 37.4 Å². The molecule has 0 aliphatic heterocycles. The molecule has 2 aromatic heterocycles. The van der Waals surface area contributed by atoms with Crippen LogP contribution in [0, 0.1) is 6.92 Å². The highest BCUT2D eigenvalue weighted by Gasteiger charge is 2.17. The van der Waals surface area contributed by atoms with E-state index in [1.165, 1.54) is 5.56 Å². The van der Waals surface area contributed by atoms with Gasteiger partial charge in [0.15, 0.2) is 5.58 Å². The number of nitrogens with two attached hydrogens (primary N) is 1. The lowest BCUT2D eigenvalue weighted by Gasteiger charge is -2.07. The molecule has 0 amide bonds. The van der Waals surface area contributed by atoms with Gasteiger partial charge >= 0.3 is 0 Å². The molecule has 0 aliphatic carbocycles. The van der Waals surface area contributed by atoms with E-state index in [0.717, 1.165) is 38.8 Å². The van der Waals surface area contributed by atoms with Crippen molar-refractivity contribution >= 4 is 22.1 Å². The Bertz CT molecular complexity index is 1000. The Hall–Kier alpha value is -2.65. The number of pyridine rings is 1. The SMILES string of the molecule is Cc1cc([C@@H](C)N)c2oc3c(-c4ccccc4)ccnc3c2c1. The molecular formula is C20H18N2O. The van der Waals surface area contributed by atoms with Crippen LogP contribution in [0.25, 0.3) is 33.2 Å². The molecule has 114 valence electrons. The predicted octanol–water partition coefficient (Wildman–Crippen LogP) is 4.98. The van der Waals surface area contributed by atoms with Crippen molar-refractivity contribution in [2.24, 2.45) is 5.73 Å². The van der Waals surface area contributed by atoms with Crippen molar-refractivity contribution in [1.29, 1.82) is 0 Å². The number of nitrogens with zero attached hydrogens (tertiary/aromatic N) is 1. The van der Waals surface area contributed by atoms with Crippen LogP contribution in [-0.4, -0.2) is 4.98 Å². The lowest BCUT2D eigenvalue weighted by molar-refractivity contribution is 0.654. The highest BCUT2D eigenvalue weighted by Crippen LogP contribution is 2.37.